The lowest BCUT2D eigenvalue weighted by Crippen LogP contribution is -2.37. The Hall–Kier alpha value is -1.09. The van der Waals surface area contributed by atoms with Gasteiger partial charge in [0.05, 0.1) is 0 Å². The normalized spacial score (nSPS) is 21.3. The van der Waals surface area contributed by atoms with Crippen LogP contribution < -0.4 is 10.1 Å². The van der Waals surface area contributed by atoms with E-state index in [-0.39, 0.29) is 11.9 Å². The minimum atomic E-state index is -0.207. The molecule has 1 heterocycles. The van der Waals surface area contributed by atoms with Crippen LogP contribution in [0, 0.1) is 12.7 Å². The molecule has 0 spiro atoms. The Morgan fingerprint density at radius 3 is 3.00 bits per heavy atom. The summed E-state index contributed by atoms with van der Waals surface area (Å²) in [5.74, 6) is 0.590. The third kappa shape index (κ3) is 2.69. The number of hydrogen-bond acceptors (Lipinski definition) is 2. The smallest absolute Gasteiger partial charge is 0.123 e. The number of benzene rings is 1. The van der Waals surface area contributed by atoms with Crippen LogP contribution in [0.5, 0.6) is 5.75 Å². The zero-order valence-corrected chi connectivity index (χ0v) is 8.92. The van der Waals surface area contributed by atoms with Crippen LogP contribution in [0.2, 0.25) is 0 Å². The van der Waals surface area contributed by atoms with Gasteiger partial charge in [-0.2, -0.15) is 0 Å². The molecule has 1 aliphatic heterocycles. The Morgan fingerprint density at radius 2 is 2.33 bits per heavy atom. The molecule has 0 bridgehead atoms. The highest BCUT2D eigenvalue weighted by Gasteiger charge is 2.15. The second kappa shape index (κ2) is 4.62. The molecule has 1 saturated heterocycles. The molecule has 2 rings (SSSR count). The predicted molar refractivity (Wildman–Crippen MR) is 57.7 cm³/mol. The van der Waals surface area contributed by atoms with Crippen molar-refractivity contribution < 1.29 is 9.13 Å². The molecule has 15 heavy (non-hydrogen) atoms. The molecule has 1 aliphatic rings. The van der Waals surface area contributed by atoms with Gasteiger partial charge in [0.15, 0.2) is 0 Å². The van der Waals surface area contributed by atoms with E-state index < -0.39 is 0 Å². The molecule has 3 heteroatoms. The molecule has 0 unspecified atom stereocenters. The molecule has 0 aliphatic carbocycles. The molecule has 0 amide bonds. The van der Waals surface area contributed by atoms with Crippen molar-refractivity contribution in [2.24, 2.45) is 0 Å². The Kier molecular flexibility index (Phi) is 3.21. The third-order valence-electron chi connectivity index (χ3n) is 2.68. The van der Waals surface area contributed by atoms with Gasteiger partial charge in [0.1, 0.15) is 17.7 Å². The molecule has 1 aromatic carbocycles. The van der Waals surface area contributed by atoms with E-state index in [1.165, 1.54) is 12.1 Å². The van der Waals surface area contributed by atoms with Crippen LogP contribution in [0.25, 0.3) is 0 Å². The summed E-state index contributed by atoms with van der Waals surface area (Å²) in [6, 6.07) is 4.66. The summed E-state index contributed by atoms with van der Waals surface area (Å²) in [6.45, 7) is 3.83. The summed E-state index contributed by atoms with van der Waals surface area (Å²) in [5.41, 5.74) is 0.862. The van der Waals surface area contributed by atoms with Gasteiger partial charge in [-0.15, -0.1) is 0 Å². The fraction of sp³-hybridized carbons (Fsp3) is 0.500. The average molecular weight is 209 g/mol. The number of hydrogen-bond donors (Lipinski definition) is 1. The summed E-state index contributed by atoms with van der Waals surface area (Å²) >= 11 is 0. The SMILES string of the molecule is Cc1cc(F)ccc1O[C@H]1CCCNC1. The zero-order valence-electron chi connectivity index (χ0n) is 8.92. The van der Waals surface area contributed by atoms with Crippen molar-refractivity contribution >= 4 is 0 Å². The Labute approximate surface area is 89.4 Å². The van der Waals surface area contributed by atoms with Crippen LogP contribution >= 0.6 is 0 Å². The average Bonchev–Trinajstić information content (AvgIpc) is 2.24. The summed E-state index contributed by atoms with van der Waals surface area (Å²) in [5, 5.41) is 3.29. The van der Waals surface area contributed by atoms with Crippen LogP contribution in [0.1, 0.15) is 18.4 Å². The number of ether oxygens (including phenoxy) is 1. The van der Waals surface area contributed by atoms with Crippen molar-refractivity contribution in [3.05, 3.63) is 29.6 Å². The molecule has 1 aromatic rings. The monoisotopic (exact) mass is 209 g/mol. The quantitative estimate of drug-likeness (QED) is 0.806. The molecule has 1 atom stereocenters. The van der Waals surface area contributed by atoms with Crippen LogP contribution in [0.4, 0.5) is 4.39 Å². The molecular weight excluding hydrogens is 193 g/mol. The molecule has 0 aromatic heterocycles. The lowest BCUT2D eigenvalue weighted by molar-refractivity contribution is 0.166. The first-order chi connectivity index (χ1) is 7.25. The van der Waals surface area contributed by atoms with Crippen LogP contribution in [-0.4, -0.2) is 19.2 Å². The zero-order chi connectivity index (χ0) is 10.7. The van der Waals surface area contributed by atoms with E-state index in [1.807, 2.05) is 6.92 Å². The Morgan fingerprint density at radius 1 is 1.47 bits per heavy atom. The first kappa shape index (κ1) is 10.4. The molecule has 82 valence electrons. The molecule has 1 fully saturated rings. The van der Waals surface area contributed by atoms with Gasteiger partial charge in [-0.05, 0) is 50.1 Å². The lowest BCUT2D eigenvalue weighted by Gasteiger charge is -2.24. The molecule has 1 N–H and O–H groups in total. The number of piperidine rings is 1. The van der Waals surface area contributed by atoms with E-state index in [2.05, 4.69) is 5.32 Å². The van der Waals surface area contributed by atoms with Crippen LogP contribution in [-0.2, 0) is 0 Å². The first-order valence-corrected chi connectivity index (χ1v) is 5.39. The lowest BCUT2D eigenvalue weighted by atomic mass is 10.1. The van der Waals surface area contributed by atoms with Gasteiger partial charge < -0.3 is 10.1 Å². The fourth-order valence-corrected chi connectivity index (χ4v) is 1.85. The highest BCUT2D eigenvalue weighted by Crippen LogP contribution is 2.21. The van der Waals surface area contributed by atoms with E-state index >= 15 is 0 Å². The van der Waals surface area contributed by atoms with Crippen molar-refractivity contribution in [2.75, 3.05) is 13.1 Å². The van der Waals surface area contributed by atoms with Crippen LogP contribution in [0.3, 0.4) is 0 Å². The number of halogens is 1. The maximum Gasteiger partial charge on any atom is 0.123 e. The van der Waals surface area contributed by atoms with Gasteiger partial charge in [0.25, 0.3) is 0 Å². The number of nitrogens with one attached hydrogen (secondary N) is 1. The fourth-order valence-electron chi connectivity index (χ4n) is 1.85. The molecule has 2 nitrogen and oxygen atoms in total. The van der Waals surface area contributed by atoms with Gasteiger partial charge in [-0.3, -0.25) is 0 Å². The minimum Gasteiger partial charge on any atom is -0.489 e. The maximum atomic E-state index is 12.9. The molecule has 0 saturated carbocycles. The summed E-state index contributed by atoms with van der Waals surface area (Å²) in [4.78, 5) is 0. The van der Waals surface area contributed by atoms with E-state index in [1.54, 1.807) is 6.07 Å². The highest BCUT2D eigenvalue weighted by atomic mass is 19.1. The van der Waals surface area contributed by atoms with E-state index in [0.717, 1.165) is 37.2 Å². The second-order valence-electron chi connectivity index (χ2n) is 4.00. The molecule has 0 radical (unpaired) electrons. The van der Waals surface area contributed by atoms with Crippen LogP contribution in [0.15, 0.2) is 18.2 Å². The van der Waals surface area contributed by atoms with E-state index in [9.17, 15) is 4.39 Å². The first-order valence-electron chi connectivity index (χ1n) is 5.39. The number of rotatable bonds is 2. The van der Waals surface area contributed by atoms with Crippen molar-refractivity contribution in [1.82, 2.24) is 5.32 Å². The largest absolute Gasteiger partial charge is 0.489 e. The third-order valence-corrected chi connectivity index (χ3v) is 2.68. The minimum absolute atomic E-state index is 0.207. The summed E-state index contributed by atoms with van der Waals surface area (Å²) < 4.78 is 18.7. The Bertz CT molecular complexity index is 334. The topological polar surface area (TPSA) is 21.3 Å². The van der Waals surface area contributed by atoms with Gasteiger partial charge in [-0.1, -0.05) is 0 Å². The van der Waals surface area contributed by atoms with Gasteiger partial charge >= 0.3 is 0 Å². The summed E-state index contributed by atoms with van der Waals surface area (Å²) in [6.07, 6.45) is 2.44. The highest BCUT2D eigenvalue weighted by molar-refractivity contribution is 5.32. The number of aryl methyl sites for hydroxylation is 1. The van der Waals surface area contributed by atoms with Crippen molar-refractivity contribution in [2.45, 2.75) is 25.9 Å². The predicted octanol–water partition coefficient (Wildman–Crippen LogP) is 2.26. The van der Waals surface area contributed by atoms with E-state index in [0.29, 0.717) is 0 Å². The van der Waals surface area contributed by atoms with Gasteiger partial charge in [-0.25, -0.2) is 4.39 Å². The van der Waals surface area contributed by atoms with Crippen molar-refractivity contribution in [3.8, 4) is 5.75 Å². The Balaban J connectivity index is 2.03. The van der Waals surface area contributed by atoms with Crippen molar-refractivity contribution in [3.63, 3.8) is 0 Å². The molecular formula is C12H16FNO. The maximum absolute atomic E-state index is 12.9. The standard InChI is InChI=1S/C12H16FNO/c1-9-7-10(13)4-5-12(9)15-11-3-2-6-14-8-11/h4-5,7,11,14H,2-3,6,8H2,1H3/t11-/m0/s1. The van der Waals surface area contributed by atoms with Crippen molar-refractivity contribution in [1.29, 1.82) is 0 Å². The van der Waals surface area contributed by atoms with E-state index in [4.69, 9.17) is 4.74 Å². The summed E-state index contributed by atoms with van der Waals surface area (Å²) in [7, 11) is 0. The second-order valence-corrected chi connectivity index (χ2v) is 4.00. The van der Waals surface area contributed by atoms with Gasteiger partial charge in [0, 0.05) is 6.54 Å². The van der Waals surface area contributed by atoms with Gasteiger partial charge in [0.2, 0.25) is 0 Å².